The van der Waals surface area contributed by atoms with Gasteiger partial charge in [0.2, 0.25) is 8.32 Å². The van der Waals surface area contributed by atoms with E-state index in [1.807, 2.05) is 0 Å². The minimum atomic E-state index is -1.98. The van der Waals surface area contributed by atoms with Crippen LogP contribution in [0.15, 0.2) is 12.2 Å². The lowest BCUT2D eigenvalue weighted by molar-refractivity contribution is -0.0961. The summed E-state index contributed by atoms with van der Waals surface area (Å²) in [6.45, 7) is 36.4. The lowest BCUT2D eigenvalue weighted by atomic mass is 9.90. The van der Waals surface area contributed by atoms with E-state index in [2.05, 4.69) is 116 Å². The molecular formula is C34H70O3Si2. The van der Waals surface area contributed by atoms with Crippen LogP contribution in [0.2, 0.25) is 33.2 Å². The Morgan fingerprint density at radius 1 is 0.718 bits per heavy atom. The fourth-order valence-corrected chi connectivity index (χ4v) is 19.0. The third-order valence-electron chi connectivity index (χ3n) is 9.92. The highest BCUT2D eigenvalue weighted by molar-refractivity contribution is 6.78. The van der Waals surface area contributed by atoms with Gasteiger partial charge >= 0.3 is 0 Å². The molecule has 39 heavy (non-hydrogen) atoms. The molecule has 0 aromatic heterocycles. The van der Waals surface area contributed by atoms with Crippen molar-refractivity contribution in [1.29, 1.82) is 0 Å². The fourth-order valence-electron chi connectivity index (χ4n) is 8.06. The molecule has 0 amide bonds. The van der Waals surface area contributed by atoms with Crippen LogP contribution in [0.3, 0.4) is 0 Å². The first-order chi connectivity index (χ1) is 18.0. The van der Waals surface area contributed by atoms with Crippen LogP contribution in [0.5, 0.6) is 0 Å². The Morgan fingerprint density at radius 3 is 1.64 bits per heavy atom. The molecular weight excluding hydrogens is 513 g/mol. The molecule has 1 aliphatic heterocycles. The maximum Gasteiger partial charge on any atom is 0.201 e. The Morgan fingerprint density at radius 2 is 1.21 bits per heavy atom. The van der Waals surface area contributed by atoms with Crippen LogP contribution in [0.4, 0.5) is 0 Å². The van der Waals surface area contributed by atoms with Crippen molar-refractivity contribution in [2.45, 2.75) is 188 Å². The van der Waals surface area contributed by atoms with Crippen LogP contribution in [-0.2, 0) is 13.6 Å². The highest BCUT2D eigenvalue weighted by atomic mass is 28.4. The summed E-state index contributed by atoms with van der Waals surface area (Å²) in [5.74, 6) is 1.25. The summed E-state index contributed by atoms with van der Waals surface area (Å²) < 4.78 is 21.1. The summed E-state index contributed by atoms with van der Waals surface area (Å²) in [4.78, 5) is 0. The molecule has 0 unspecified atom stereocenters. The number of hydrogen-bond donors (Lipinski definition) is 0. The number of rotatable bonds is 17. The summed E-state index contributed by atoms with van der Waals surface area (Å²) in [6.07, 6.45) is 10.9. The molecule has 3 nitrogen and oxygen atoms in total. The minimum Gasteiger partial charge on any atom is -0.416 e. The van der Waals surface area contributed by atoms with Gasteiger partial charge in [-0.15, -0.1) is 0 Å². The van der Waals surface area contributed by atoms with Crippen molar-refractivity contribution in [1.82, 2.24) is 0 Å². The Balaban J connectivity index is 3.05. The molecule has 0 radical (unpaired) electrons. The Hall–Kier alpha value is 0.0538. The van der Waals surface area contributed by atoms with Crippen molar-refractivity contribution in [3.8, 4) is 0 Å². The lowest BCUT2D eigenvalue weighted by Gasteiger charge is -2.45. The standard InChI is InChI=1S/C34H70O3Si2/c1-24(2)17-16-18-33(37-39(28(9)10,29(11)12)30(13)14)23-32-20-19-31(15)34(36-32)21-22-35-38(25(3)4,26(5)6)27(7)8/h16,18,24-34H,17,19-23H2,1-15H3/b18-16+/t31-,32-,33+,34+/m0/s1. The monoisotopic (exact) mass is 582 g/mol. The van der Waals surface area contributed by atoms with Gasteiger partial charge in [0.1, 0.15) is 0 Å². The van der Waals surface area contributed by atoms with Crippen LogP contribution in [0.25, 0.3) is 0 Å². The molecule has 0 saturated carbocycles. The van der Waals surface area contributed by atoms with Crippen molar-refractivity contribution in [2.24, 2.45) is 11.8 Å². The molecule has 4 atom stereocenters. The fraction of sp³-hybridized carbons (Fsp3) is 0.941. The molecule has 0 bridgehead atoms. The van der Waals surface area contributed by atoms with Crippen LogP contribution in [0, 0.1) is 11.8 Å². The molecule has 1 aliphatic rings. The van der Waals surface area contributed by atoms with E-state index in [-0.39, 0.29) is 18.3 Å². The first-order valence-corrected chi connectivity index (χ1v) is 20.9. The van der Waals surface area contributed by atoms with E-state index >= 15 is 0 Å². The Labute approximate surface area is 247 Å². The third-order valence-corrected chi connectivity index (χ3v) is 22.2. The third kappa shape index (κ3) is 9.80. The molecule has 0 N–H and O–H groups in total. The molecule has 0 spiro atoms. The highest BCUT2D eigenvalue weighted by Crippen LogP contribution is 2.45. The van der Waals surface area contributed by atoms with Crippen molar-refractivity contribution in [3.63, 3.8) is 0 Å². The van der Waals surface area contributed by atoms with E-state index < -0.39 is 16.6 Å². The minimum absolute atomic E-state index is 0.140. The van der Waals surface area contributed by atoms with Gasteiger partial charge < -0.3 is 13.6 Å². The molecule has 0 aromatic rings. The van der Waals surface area contributed by atoms with Crippen molar-refractivity contribution in [2.75, 3.05) is 6.61 Å². The van der Waals surface area contributed by atoms with E-state index in [4.69, 9.17) is 13.6 Å². The van der Waals surface area contributed by atoms with Crippen LogP contribution in [0.1, 0.15) is 136 Å². The molecule has 1 heterocycles. The summed E-state index contributed by atoms with van der Waals surface area (Å²) in [6, 6.07) is 0. The quantitative estimate of drug-likeness (QED) is 0.126. The smallest absolute Gasteiger partial charge is 0.201 e. The second-order valence-corrected chi connectivity index (χ2v) is 25.9. The predicted molar refractivity (Wildman–Crippen MR) is 178 cm³/mol. The van der Waals surface area contributed by atoms with Crippen molar-refractivity contribution >= 4 is 16.6 Å². The SMILES string of the molecule is CC(C)C/C=C/[C@H](C[C@@H]1CC[C@H](C)[C@@H](CCO[Si](C(C)C)(C(C)C)C(C)C)O1)O[Si](C(C)C)(C(C)C)C(C)C. The maximum absolute atomic E-state index is 7.33. The van der Waals surface area contributed by atoms with Gasteiger partial charge in [-0.3, -0.25) is 0 Å². The molecule has 1 saturated heterocycles. The van der Waals surface area contributed by atoms with Crippen molar-refractivity contribution in [3.05, 3.63) is 12.2 Å². The van der Waals surface area contributed by atoms with Gasteiger partial charge in [-0.25, -0.2) is 0 Å². The highest BCUT2D eigenvalue weighted by Gasteiger charge is 2.47. The molecule has 0 aliphatic carbocycles. The summed E-state index contributed by atoms with van der Waals surface area (Å²) in [5, 5.41) is 0. The largest absolute Gasteiger partial charge is 0.416 e. The molecule has 232 valence electrons. The maximum atomic E-state index is 7.33. The zero-order chi connectivity index (χ0) is 30.1. The van der Waals surface area contributed by atoms with E-state index in [0.717, 1.165) is 32.3 Å². The molecule has 5 heteroatoms. The zero-order valence-corrected chi connectivity index (χ0v) is 31.0. The van der Waals surface area contributed by atoms with Gasteiger partial charge in [-0.1, -0.05) is 116 Å². The first kappa shape index (κ1) is 37.1. The van der Waals surface area contributed by atoms with Gasteiger partial charge in [0.25, 0.3) is 0 Å². The first-order valence-electron chi connectivity index (χ1n) is 16.7. The second kappa shape index (κ2) is 16.6. The molecule has 1 fully saturated rings. The van der Waals surface area contributed by atoms with E-state index in [9.17, 15) is 0 Å². The normalized spacial score (nSPS) is 22.7. The Kier molecular flexibility index (Phi) is 15.8. The van der Waals surface area contributed by atoms with E-state index in [0.29, 0.717) is 45.1 Å². The average Bonchev–Trinajstić information content (AvgIpc) is 2.80. The predicted octanol–water partition coefficient (Wildman–Crippen LogP) is 11.3. The number of hydrogen-bond acceptors (Lipinski definition) is 3. The van der Waals surface area contributed by atoms with E-state index in [1.165, 1.54) is 6.42 Å². The van der Waals surface area contributed by atoms with Gasteiger partial charge in [0.15, 0.2) is 8.32 Å². The molecule has 0 aromatic carbocycles. The van der Waals surface area contributed by atoms with Gasteiger partial charge in [0.05, 0.1) is 18.3 Å². The van der Waals surface area contributed by atoms with Gasteiger partial charge in [-0.2, -0.15) is 0 Å². The van der Waals surface area contributed by atoms with E-state index in [1.54, 1.807) is 0 Å². The van der Waals surface area contributed by atoms with Gasteiger partial charge in [-0.05, 0) is 70.8 Å². The summed E-state index contributed by atoms with van der Waals surface area (Å²) in [5.41, 5.74) is 3.63. The van der Waals surface area contributed by atoms with Crippen LogP contribution in [-0.4, -0.2) is 41.6 Å². The Bertz CT molecular complexity index is 655. The topological polar surface area (TPSA) is 27.7 Å². The van der Waals surface area contributed by atoms with Crippen molar-refractivity contribution < 1.29 is 13.6 Å². The second-order valence-electron chi connectivity index (χ2n) is 15.1. The number of allylic oxidation sites excluding steroid dienone is 1. The van der Waals surface area contributed by atoms with Gasteiger partial charge in [0, 0.05) is 13.0 Å². The average molecular weight is 583 g/mol. The summed E-state index contributed by atoms with van der Waals surface area (Å²) in [7, 11) is -3.82. The van der Waals surface area contributed by atoms with Crippen LogP contribution >= 0.6 is 0 Å². The lowest BCUT2D eigenvalue weighted by Crippen LogP contribution is -2.50. The molecule has 1 rings (SSSR count). The number of ether oxygens (including phenoxy) is 1. The summed E-state index contributed by atoms with van der Waals surface area (Å²) >= 11 is 0. The van der Waals surface area contributed by atoms with Crippen LogP contribution < -0.4 is 0 Å². The zero-order valence-electron chi connectivity index (χ0n) is 29.0.